The van der Waals surface area contributed by atoms with Crippen molar-refractivity contribution in [2.45, 2.75) is 0 Å². The Hall–Kier alpha value is -2.04. The van der Waals surface area contributed by atoms with Crippen LogP contribution in [0.3, 0.4) is 0 Å². The van der Waals surface area contributed by atoms with E-state index in [9.17, 15) is 0 Å². The molecule has 4 rings (SSSR count). The Balaban J connectivity index is 1.86. The van der Waals surface area contributed by atoms with Gasteiger partial charge in [0.2, 0.25) is 0 Å². The number of ether oxygens (including phenoxy) is 1. The van der Waals surface area contributed by atoms with Gasteiger partial charge < -0.3 is 4.74 Å². The molecule has 0 spiro atoms. The molecule has 104 valence electrons. The molecule has 0 saturated heterocycles. The van der Waals surface area contributed by atoms with Crippen LogP contribution in [0, 0.1) is 0 Å². The maximum absolute atomic E-state index is 6.03. The van der Waals surface area contributed by atoms with E-state index < -0.39 is 0 Å². The number of hydrogen-bond donors (Lipinski definition) is 0. The van der Waals surface area contributed by atoms with Gasteiger partial charge in [-0.3, -0.25) is 4.40 Å². The fourth-order valence-corrected chi connectivity index (χ4v) is 3.66. The highest BCUT2D eigenvalue weighted by atomic mass is 35.5. The largest absolute Gasteiger partial charge is 0.497 e. The van der Waals surface area contributed by atoms with E-state index in [0.29, 0.717) is 0 Å². The zero-order chi connectivity index (χ0) is 14.4. The van der Waals surface area contributed by atoms with Crippen molar-refractivity contribution in [1.82, 2.24) is 9.38 Å². The van der Waals surface area contributed by atoms with Crippen LogP contribution in [0.4, 0.5) is 0 Å². The number of rotatable bonds is 2. The highest BCUT2D eigenvalue weighted by molar-refractivity contribution is 7.23. The summed E-state index contributed by atoms with van der Waals surface area (Å²) in [5, 5.41) is 0.752. The van der Waals surface area contributed by atoms with E-state index in [4.69, 9.17) is 21.3 Å². The zero-order valence-electron chi connectivity index (χ0n) is 11.2. The van der Waals surface area contributed by atoms with Gasteiger partial charge in [0.05, 0.1) is 23.0 Å². The van der Waals surface area contributed by atoms with Gasteiger partial charge in [0.1, 0.15) is 5.75 Å². The van der Waals surface area contributed by atoms with Crippen molar-refractivity contribution >= 4 is 38.1 Å². The highest BCUT2D eigenvalue weighted by Gasteiger charge is 2.10. The van der Waals surface area contributed by atoms with E-state index in [1.54, 1.807) is 18.4 Å². The van der Waals surface area contributed by atoms with Crippen LogP contribution in [0.1, 0.15) is 0 Å². The molecule has 2 heterocycles. The third kappa shape index (κ3) is 2.07. The summed E-state index contributed by atoms with van der Waals surface area (Å²) in [5.74, 6) is 0.847. The first-order valence-corrected chi connectivity index (χ1v) is 7.65. The van der Waals surface area contributed by atoms with Gasteiger partial charge in [-0.05, 0) is 42.5 Å². The first-order valence-electron chi connectivity index (χ1n) is 6.46. The molecule has 0 aliphatic rings. The second-order valence-electron chi connectivity index (χ2n) is 4.72. The van der Waals surface area contributed by atoms with Gasteiger partial charge in [-0.15, -0.1) is 0 Å². The van der Waals surface area contributed by atoms with Crippen molar-refractivity contribution in [1.29, 1.82) is 0 Å². The second-order valence-corrected chi connectivity index (χ2v) is 6.17. The molecule has 0 unspecified atom stereocenters. The molecule has 5 heteroatoms. The van der Waals surface area contributed by atoms with E-state index in [1.165, 1.54) is 0 Å². The average molecular weight is 315 g/mol. The summed E-state index contributed by atoms with van der Waals surface area (Å²) in [7, 11) is 1.67. The van der Waals surface area contributed by atoms with E-state index >= 15 is 0 Å². The first kappa shape index (κ1) is 12.7. The number of halogens is 1. The lowest BCUT2D eigenvalue weighted by molar-refractivity contribution is 0.415. The maximum Gasteiger partial charge on any atom is 0.195 e. The van der Waals surface area contributed by atoms with Gasteiger partial charge in [0.15, 0.2) is 4.96 Å². The number of imidazole rings is 1. The predicted octanol–water partition coefficient (Wildman–Crippen LogP) is 4.88. The summed E-state index contributed by atoms with van der Waals surface area (Å²) >= 11 is 7.68. The zero-order valence-corrected chi connectivity index (χ0v) is 12.8. The molecule has 0 aliphatic heterocycles. The number of benzene rings is 2. The van der Waals surface area contributed by atoms with Crippen LogP contribution in [-0.4, -0.2) is 16.5 Å². The summed E-state index contributed by atoms with van der Waals surface area (Å²) in [4.78, 5) is 5.67. The summed E-state index contributed by atoms with van der Waals surface area (Å²) in [6.07, 6.45) is 2.06. The average Bonchev–Trinajstić information content (AvgIpc) is 3.04. The summed E-state index contributed by atoms with van der Waals surface area (Å²) in [5.41, 5.74) is 3.17. The lowest BCUT2D eigenvalue weighted by Crippen LogP contribution is -1.82. The van der Waals surface area contributed by atoms with Gasteiger partial charge in [-0.1, -0.05) is 22.9 Å². The molecule has 0 atom stereocenters. The summed E-state index contributed by atoms with van der Waals surface area (Å²) < 4.78 is 8.43. The van der Waals surface area contributed by atoms with Crippen molar-refractivity contribution in [3.8, 4) is 17.0 Å². The molecule has 0 saturated carbocycles. The first-order chi connectivity index (χ1) is 10.2. The molecule has 2 aromatic carbocycles. The van der Waals surface area contributed by atoms with Gasteiger partial charge in [0, 0.05) is 16.8 Å². The van der Waals surface area contributed by atoms with Crippen LogP contribution in [0.5, 0.6) is 5.75 Å². The Morgan fingerprint density at radius 2 is 1.95 bits per heavy atom. The Morgan fingerprint density at radius 3 is 2.71 bits per heavy atom. The number of aromatic nitrogens is 2. The molecule has 0 fully saturated rings. The Kier molecular flexibility index (Phi) is 2.87. The van der Waals surface area contributed by atoms with Gasteiger partial charge in [-0.2, -0.15) is 0 Å². The standard InChI is InChI=1S/C16H11ClN2OS/c1-20-12-5-2-10(3-6-12)13-9-19-14-7-4-11(17)8-15(14)21-16(19)18-13/h2-9H,1H3. The maximum atomic E-state index is 6.03. The monoisotopic (exact) mass is 314 g/mol. The van der Waals surface area contributed by atoms with E-state index in [2.05, 4.69) is 10.6 Å². The minimum Gasteiger partial charge on any atom is -0.497 e. The van der Waals surface area contributed by atoms with Crippen molar-refractivity contribution in [3.63, 3.8) is 0 Å². The number of fused-ring (bicyclic) bond motifs is 3. The lowest BCUT2D eigenvalue weighted by Gasteiger charge is -2.00. The summed E-state index contributed by atoms with van der Waals surface area (Å²) in [6, 6.07) is 13.8. The van der Waals surface area contributed by atoms with E-state index in [0.717, 1.165) is 37.2 Å². The van der Waals surface area contributed by atoms with Crippen molar-refractivity contribution < 1.29 is 4.74 Å². The topological polar surface area (TPSA) is 26.5 Å². The Bertz CT molecular complexity index is 940. The Morgan fingerprint density at radius 1 is 1.14 bits per heavy atom. The van der Waals surface area contributed by atoms with Crippen molar-refractivity contribution in [3.05, 3.63) is 53.7 Å². The minimum absolute atomic E-state index is 0.752. The summed E-state index contributed by atoms with van der Waals surface area (Å²) in [6.45, 7) is 0. The number of hydrogen-bond acceptors (Lipinski definition) is 3. The predicted molar refractivity (Wildman–Crippen MR) is 87.6 cm³/mol. The fraction of sp³-hybridized carbons (Fsp3) is 0.0625. The SMILES string of the molecule is COc1ccc(-c2cn3c(n2)sc2cc(Cl)ccc23)cc1. The van der Waals surface area contributed by atoms with Crippen LogP contribution in [0.15, 0.2) is 48.7 Å². The van der Waals surface area contributed by atoms with Crippen LogP contribution < -0.4 is 4.74 Å². The highest BCUT2D eigenvalue weighted by Crippen LogP contribution is 2.31. The fourth-order valence-electron chi connectivity index (χ4n) is 2.38. The molecule has 0 bridgehead atoms. The van der Waals surface area contributed by atoms with Gasteiger partial charge in [0.25, 0.3) is 0 Å². The van der Waals surface area contributed by atoms with Crippen LogP contribution >= 0.6 is 22.9 Å². The molecular weight excluding hydrogens is 304 g/mol. The lowest BCUT2D eigenvalue weighted by atomic mass is 10.2. The molecule has 0 N–H and O–H groups in total. The van der Waals surface area contributed by atoms with Crippen LogP contribution in [0.2, 0.25) is 5.02 Å². The molecular formula is C16H11ClN2OS. The molecule has 21 heavy (non-hydrogen) atoms. The normalized spacial score (nSPS) is 11.3. The van der Waals surface area contributed by atoms with Crippen molar-refractivity contribution in [2.75, 3.05) is 7.11 Å². The second kappa shape index (κ2) is 4.76. The molecule has 0 aliphatic carbocycles. The van der Waals surface area contributed by atoms with Crippen LogP contribution in [-0.2, 0) is 0 Å². The molecule has 0 amide bonds. The van der Waals surface area contributed by atoms with Crippen molar-refractivity contribution in [2.24, 2.45) is 0 Å². The third-order valence-corrected chi connectivity index (χ3v) is 4.69. The quantitative estimate of drug-likeness (QED) is 0.527. The van der Waals surface area contributed by atoms with Gasteiger partial charge in [-0.25, -0.2) is 4.98 Å². The Labute approximate surface area is 130 Å². The van der Waals surface area contributed by atoms with Crippen LogP contribution in [0.25, 0.3) is 26.4 Å². The van der Waals surface area contributed by atoms with E-state index in [1.807, 2.05) is 42.5 Å². The number of thiazole rings is 1. The molecule has 3 nitrogen and oxygen atoms in total. The minimum atomic E-state index is 0.752. The smallest absolute Gasteiger partial charge is 0.195 e. The number of nitrogens with zero attached hydrogens (tertiary/aromatic N) is 2. The third-order valence-electron chi connectivity index (χ3n) is 3.44. The number of methoxy groups -OCH3 is 1. The van der Waals surface area contributed by atoms with Gasteiger partial charge >= 0.3 is 0 Å². The molecule has 0 radical (unpaired) electrons. The molecule has 2 aromatic heterocycles. The molecule has 4 aromatic rings. The van der Waals surface area contributed by atoms with E-state index in [-0.39, 0.29) is 0 Å².